The van der Waals surface area contributed by atoms with Crippen LogP contribution in [0.5, 0.6) is 0 Å². The van der Waals surface area contributed by atoms with E-state index in [4.69, 9.17) is 4.74 Å². The Morgan fingerprint density at radius 2 is 2.13 bits per heavy atom. The number of hydrogen-bond donors (Lipinski definition) is 0. The van der Waals surface area contributed by atoms with Gasteiger partial charge in [0.05, 0.1) is 0 Å². The Morgan fingerprint density at radius 3 is 2.87 bits per heavy atom. The molecular weight excluding hydrogens is 188 g/mol. The minimum absolute atomic E-state index is 0.144. The van der Waals surface area contributed by atoms with Crippen molar-refractivity contribution in [2.24, 2.45) is 0 Å². The molecule has 1 heterocycles. The fraction of sp³-hybridized carbons (Fsp3) is 0.308. The average Bonchev–Trinajstić information content (AvgIpc) is 2.22. The number of cyclic esters (lactones) is 1. The van der Waals surface area contributed by atoms with Crippen LogP contribution in [0.15, 0.2) is 35.9 Å². The summed E-state index contributed by atoms with van der Waals surface area (Å²) in [6, 6.07) is 7.94. The number of carbonyl (C=O) groups is 1. The highest BCUT2D eigenvalue weighted by Crippen LogP contribution is 2.29. The van der Waals surface area contributed by atoms with Gasteiger partial charge >= 0.3 is 5.97 Å². The van der Waals surface area contributed by atoms with Gasteiger partial charge in [0.2, 0.25) is 0 Å². The molecule has 0 amide bonds. The molecule has 1 unspecified atom stereocenters. The van der Waals surface area contributed by atoms with Crippen LogP contribution >= 0.6 is 0 Å². The SMILES string of the molecule is CC(C)=CC1C(=O)OCc2ccccc21. The zero-order valence-electron chi connectivity index (χ0n) is 8.99. The second kappa shape index (κ2) is 3.89. The number of esters is 1. The molecule has 0 spiro atoms. The first kappa shape index (κ1) is 9.97. The van der Waals surface area contributed by atoms with E-state index in [2.05, 4.69) is 0 Å². The Hall–Kier alpha value is -1.57. The molecule has 1 aliphatic rings. The quantitative estimate of drug-likeness (QED) is 0.517. The van der Waals surface area contributed by atoms with Gasteiger partial charge in [0, 0.05) is 0 Å². The van der Waals surface area contributed by atoms with Crippen LogP contribution in [0.3, 0.4) is 0 Å². The van der Waals surface area contributed by atoms with Crippen LogP contribution in [0.2, 0.25) is 0 Å². The van der Waals surface area contributed by atoms with E-state index in [0.29, 0.717) is 6.61 Å². The lowest BCUT2D eigenvalue weighted by Gasteiger charge is -2.22. The first-order chi connectivity index (χ1) is 7.18. The lowest BCUT2D eigenvalue weighted by molar-refractivity contribution is -0.147. The Balaban J connectivity index is 2.46. The highest BCUT2D eigenvalue weighted by atomic mass is 16.5. The molecule has 1 atom stereocenters. The zero-order chi connectivity index (χ0) is 10.8. The van der Waals surface area contributed by atoms with E-state index >= 15 is 0 Å². The summed E-state index contributed by atoms with van der Waals surface area (Å²) in [5.74, 6) is -0.366. The highest BCUT2D eigenvalue weighted by molar-refractivity contribution is 5.82. The minimum atomic E-state index is -0.222. The molecule has 2 heteroatoms. The van der Waals surface area contributed by atoms with E-state index in [1.165, 1.54) is 0 Å². The second-order valence-corrected chi connectivity index (χ2v) is 4.03. The van der Waals surface area contributed by atoms with Crippen molar-refractivity contribution in [1.29, 1.82) is 0 Å². The molecule has 0 saturated heterocycles. The number of carbonyl (C=O) groups excluding carboxylic acids is 1. The molecule has 0 saturated carbocycles. The van der Waals surface area contributed by atoms with Crippen LogP contribution in [0.1, 0.15) is 30.9 Å². The van der Waals surface area contributed by atoms with Gasteiger partial charge in [-0.1, -0.05) is 35.9 Å². The van der Waals surface area contributed by atoms with Gasteiger partial charge in [0.15, 0.2) is 0 Å². The number of ether oxygens (including phenoxy) is 1. The van der Waals surface area contributed by atoms with Gasteiger partial charge in [0.1, 0.15) is 12.5 Å². The maximum Gasteiger partial charge on any atom is 0.317 e. The van der Waals surface area contributed by atoms with Gasteiger partial charge in [-0.15, -0.1) is 0 Å². The molecule has 78 valence electrons. The van der Waals surface area contributed by atoms with Crippen LogP contribution < -0.4 is 0 Å². The van der Waals surface area contributed by atoms with Crippen molar-refractivity contribution in [3.8, 4) is 0 Å². The van der Waals surface area contributed by atoms with Crippen LogP contribution in [0.25, 0.3) is 0 Å². The number of fused-ring (bicyclic) bond motifs is 1. The molecule has 0 aromatic heterocycles. The lowest BCUT2D eigenvalue weighted by Crippen LogP contribution is -2.21. The molecule has 0 N–H and O–H groups in total. The molecular formula is C13H14O2. The monoisotopic (exact) mass is 202 g/mol. The molecule has 1 aliphatic heterocycles. The fourth-order valence-corrected chi connectivity index (χ4v) is 1.83. The standard InChI is InChI=1S/C13H14O2/c1-9(2)7-12-11-6-4-3-5-10(11)8-15-13(12)14/h3-7,12H,8H2,1-2H3. The van der Waals surface area contributed by atoms with Gasteiger partial charge in [-0.05, 0) is 25.0 Å². The predicted molar refractivity (Wildman–Crippen MR) is 58.4 cm³/mol. The molecule has 1 aromatic rings. The molecule has 0 bridgehead atoms. The summed E-state index contributed by atoms with van der Waals surface area (Å²) in [5, 5.41) is 0. The summed E-state index contributed by atoms with van der Waals surface area (Å²) in [4.78, 5) is 11.6. The van der Waals surface area contributed by atoms with Crippen molar-refractivity contribution in [3.05, 3.63) is 47.0 Å². The van der Waals surface area contributed by atoms with Crippen molar-refractivity contribution < 1.29 is 9.53 Å². The normalized spacial score (nSPS) is 19.1. The van der Waals surface area contributed by atoms with Crippen LogP contribution in [-0.2, 0) is 16.1 Å². The summed E-state index contributed by atoms with van der Waals surface area (Å²) >= 11 is 0. The zero-order valence-corrected chi connectivity index (χ0v) is 8.99. The first-order valence-corrected chi connectivity index (χ1v) is 5.08. The topological polar surface area (TPSA) is 26.3 Å². The molecule has 2 rings (SSSR count). The van der Waals surface area contributed by atoms with E-state index in [0.717, 1.165) is 16.7 Å². The molecule has 0 fully saturated rings. The van der Waals surface area contributed by atoms with Crippen LogP contribution in [0.4, 0.5) is 0 Å². The predicted octanol–water partition coefficient (Wildman–Crippen LogP) is 2.79. The maximum atomic E-state index is 11.6. The first-order valence-electron chi connectivity index (χ1n) is 5.08. The smallest absolute Gasteiger partial charge is 0.317 e. The molecule has 15 heavy (non-hydrogen) atoms. The molecule has 0 aliphatic carbocycles. The van der Waals surface area contributed by atoms with Gasteiger partial charge in [0.25, 0.3) is 0 Å². The van der Waals surface area contributed by atoms with Gasteiger partial charge < -0.3 is 4.74 Å². The molecule has 1 aromatic carbocycles. The number of hydrogen-bond acceptors (Lipinski definition) is 2. The molecule has 2 nitrogen and oxygen atoms in total. The van der Waals surface area contributed by atoms with Crippen LogP contribution in [-0.4, -0.2) is 5.97 Å². The van der Waals surface area contributed by atoms with Crippen molar-refractivity contribution in [3.63, 3.8) is 0 Å². The third-order valence-electron chi connectivity index (χ3n) is 2.51. The maximum absolute atomic E-state index is 11.6. The Bertz CT molecular complexity index is 414. The van der Waals surface area contributed by atoms with Crippen LogP contribution in [0, 0.1) is 0 Å². The van der Waals surface area contributed by atoms with Crippen molar-refractivity contribution in [1.82, 2.24) is 0 Å². The Kier molecular flexibility index (Phi) is 2.58. The second-order valence-electron chi connectivity index (χ2n) is 4.03. The van der Waals surface area contributed by atoms with Crippen molar-refractivity contribution in [2.75, 3.05) is 0 Å². The summed E-state index contributed by atoms with van der Waals surface area (Å²) < 4.78 is 5.13. The average molecular weight is 202 g/mol. The summed E-state index contributed by atoms with van der Waals surface area (Å²) in [7, 11) is 0. The Morgan fingerprint density at radius 1 is 1.40 bits per heavy atom. The number of allylic oxidation sites excluding steroid dienone is 1. The van der Waals surface area contributed by atoms with Gasteiger partial charge in [-0.2, -0.15) is 0 Å². The van der Waals surface area contributed by atoms with E-state index in [1.54, 1.807) is 0 Å². The number of rotatable bonds is 1. The lowest BCUT2D eigenvalue weighted by atomic mass is 9.91. The summed E-state index contributed by atoms with van der Waals surface area (Å²) in [5.41, 5.74) is 3.32. The molecule has 0 radical (unpaired) electrons. The highest BCUT2D eigenvalue weighted by Gasteiger charge is 2.26. The van der Waals surface area contributed by atoms with Gasteiger partial charge in [-0.3, -0.25) is 4.79 Å². The van der Waals surface area contributed by atoms with E-state index in [-0.39, 0.29) is 11.9 Å². The minimum Gasteiger partial charge on any atom is -0.460 e. The van der Waals surface area contributed by atoms with Crippen molar-refractivity contribution >= 4 is 5.97 Å². The summed E-state index contributed by atoms with van der Waals surface area (Å²) in [6.07, 6.45) is 1.96. The third kappa shape index (κ3) is 1.94. The van der Waals surface area contributed by atoms with E-state index < -0.39 is 0 Å². The third-order valence-corrected chi connectivity index (χ3v) is 2.51. The largest absolute Gasteiger partial charge is 0.460 e. The van der Waals surface area contributed by atoms with E-state index in [9.17, 15) is 4.79 Å². The van der Waals surface area contributed by atoms with E-state index in [1.807, 2.05) is 44.2 Å². The number of benzene rings is 1. The summed E-state index contributed by atoms with van der Waals surface area (Å²) in [6.45, 7) is 4.39. The fourth-order valence-electron chi connectivity index (χ4n) is 1.83. The van der Waals surface area contributed by atoms with Gasteiger partial charge in [-0.25, -0.2) is 0 Å². The Labute approximate surface area is 89.6 Å². The van der Waals surface area contributed by atoms with Crippen molar-refractivity contribution in [2.45, 2.75) is 26.4 Å².